The summed E-state index contributed by atoms with van der Waals surface area (Å²) >= 11 is 0. The van der Waals surface area contributed by atoms with Gasteiger partial charge in [0.2, 0.25) is 0 Å². The molecule has 1 heteroatoms. The summed E-state index contributed by atoms with van der Waals surface area (Å²) < 4.78 is 0. The normalized spacial score (nSPS) is 19.0. The van der Waals surface area contributed by atoms with E-state index < -0.39 is 0 Å². The van der Waals surface area contributed by atoms with E-state index >= 15 is 0 Å². The van der Waals surface area contributed by atoms with Crippen molar-refractivity contribution in [3.05, 3.63) is 0 Å². The first-order chi connectivity index (χ1) is 5.14. The molecule has 0 radical (unpaired) electrons. The second-order valence-corrected chi connectivity index (χ2v) is 3.95. The summed E-state index contributed by atoms with van der Waals surface area (Å²) in [6.07, 6.45) is 9.51. The molecule has 1 fully saturated rings. The van der Waals surface area contributed by atoms with E-state index in [1.165, 1.54) is 19.3 Å². The summed E-state index contributed by atoms with van der Waals surface area (Å²) in [5, 5.41) is 3.37. The van der Waals surface area contributed by atoms with Crippen molar-refractivity contribution in [3.63, 3.8) is 0 Å². The third kappa shape index (κ3) is 2.55. The Morgan fingerprint density at radius 1 is 1.55 bits per heavy atom. The van der Waals surface area contributed by atoms with Gasteiger partial charge in [-0.15, -0.1) is 6.42 Å². The van der Waals surface area contributed by atoms with Gasteiger partial charge in [0.05, 0.1) is 5.54 Å². The zero-order chi connectivity index (χ0) is 8.32. The van der Waals surface area contributed by atoms with E-state index in [1.54, 1.807) is 0 Å². The highest BCUT2D eigenvalue weighted by atomic mass is 14.9. The molecule has 1 saturated carbocycles. The number of hydrogen-bond acceptors (Lipinski definition) is 1. The number of nitrogens with one attached hydrogen (secondary N) is 1. The van der Waals surface area contributed by atoms with E-state index in [1.807, 2.05) is 13.8 Å². The molecule has 0 aliphatic heterocycles. The van der Waals surface area contributed by atoms with E-state index in [4.69, 9.17) is 6.42 Å². The largest absolute Gasteiger partial charge is 0.301 e. The fraction of sp³-hybridized carbons (Fsp3) is 0.800. The first-order valence-corrected chi connectivity index (χ1v) is 4.37. The predicted octanol–water partition coefficient (Wildman–Crippen LogP) is 1.79. The fourth-order valence-electron chi connectivity index (χ4n) is 1.15. The van der Waals surface area contributed by atoms with Crippen LogP contribution in [-0.4, -0.2) is 12.1 Å². The summed E-state index contributed by atoms with van der Waals surface area (Å²) in [6, 6.07) is 0. The van der Waals surface area contributed by atoms with Gasteiger partial charge in [-0.05, 0) is 39.2 Å². The Bertz CT molecular complexity index is 160. The van der Waals surface area contributed by atoms with Gasteiger partial charge in [-0.2, -0.15) is 0 Å². The van der Waals surface area contributed by atoms with E-state index in [2.05, 4.69) is 11.2 Å². The van der Waals surface area contributed by atoms with Crippen LogP contribution in [0.5, 0.6) is 0 Å². The van der Waals surface area contributed by atoms with Crippen molar-refractivity contribution in [2.75, 3.05) is 6.54 Å². The van der Waals surface area contributed by atoms with Crippen LogP contribution in [0.4, 0.5) is 0 Å². The topological polar surface area (TPSA) is 12.0 Å². The van der Waals surface area contributed by atoms with Gasteiger partial charge in [0.1, 0.15) is 0 Å². The van der Waals surface area contributed by atoms with Crippen LogP contribution in [0.25, 0.3) is 0 Å². The molecule has 0 spiro atoms. The van der Waals surface area contributed by atoms with Gasteiger partial charge in [-0.3, -0.25) is 0 Å². The van der Waals surface area contributed by atoms with Gasteiger partial charge in [-0.25, -0.2) is 0 Å². The third-order valence-corrected chi connectivity index (χ3v) is 2.42. The average Bonchev–Trinajstić information content (AvgIpc) is 1.84. The Hall–Kier alpha value is -0.480. The minimum absolute atomic E-state index is 0.115. The highest BCUT2D eigenvalue weighted by Gasteiger charge is 2.20. The molecule has 1 aliphatic carbocycles. The smallest absolute Gasteiger partial charge is 0.0741 e. The molecule has 0 atom stereocenters. The first kappa shape index (κ1) is 8.62. The Balaban J connectivity index is 2.16. The molecule has 0 aromatic carbocycles. The molecular weight excluding hydrogens is 134 g/mol. The lowest BCUT2D eigenvalue weighted by atomic mass is 9.85. The van der Waals surface area contributed by atoms with Crippen molar-refractivity contribution in [2.45, 2.75) is 38.6 Å². The Morgan fingerprint density at radius 3 is 2.55 bits per heavy atom. The van der Waals surface area contributed by atoms with Gasteiger partial charge in [0, 0.05) is 0 Å². The van der Waals surface area contributed by atoms with E-state index in [-0.39, 0.29) is 5.54 Å². The SMILES string of the molecule is C#CC(C)(C)NCC1CCC1. The quantitative estimate of drug-likeness (QED) is 0.606. The molecule has 0 bridgehead atoms. The second kappa shape index (κ2) is 3.28. The van der Waals surface area contributed by atoms with E-state index in [0.717, 1.165) is 12.5 Å². The molecule has 0 aromatic rings. The highest BCUT2D eigenvalue weighted by Crippen LogP contribution is 2.25. The van der Waals surface area contributed by atoms with Crippen molar-refractivity contribution >= 4 is 0 Å². The van der Waals surface area contributed by atoms with Gasteiger partial charge < -0.3 is 5.32 Å². The number of rotatable bonds is 3. The fourth-order valence-corrected chi connectivity index (χ4v) is 1.15. The molecule has 0 saturated heterocycles. The van der Waals surface area contributed by atoms with E-state index in [9.17, 15) is 0 Å². The summed E-state index contributed by atoms with van der Waals surface area (Å²) in [4.78, 5) is 0. The standard InChI is InChI=1S/C10H17N/c1-4-10(2,3)11-8-9-6-5-7-9/h1,9,11H,5-8H2,2-3H3. The van der Waals surface area contributed by atoms with E-state index in [0.29, 0.717) is 0 Å². The van der Waals surface area contributed by atoms with Crippen LogP contribution in [0.15, 0.2) is 0 Å². The summed E-state index contributed by atoms with van der Waals surface area (Å²) in [6.45, 7) is 5.19. The van der Waals surface area contributed by atoms with Gasteiger partial charge in [0.25, 0.3) is 0 Å². The molecule has 0 amide bonds. The zero-order valence-corrected chi connectivity index (χ0v) is 7.48. The lowest BCUT2D eigenvalue weighted by Gasteiger charge is -2.29. The van der Waals surface area contributed by atoms with Crippen molar-refractivity contribution < 1.29 is 0 Å². The molecule has 0 unspecified atom stereocenters. The van der Waals surface area contributed by atoms with Crippen molar-refractivity contribution in [1.82, 2.24) is 5.32 Å². The maximum Gasteiger partial charge on any atom is 0.0741 e. The minimum Gasteiger partial charge on any atom is -0.301 e. The van der Waals surface area contributed by atoms with Crippen LogP contribution >= 0.6 is 0 Å². The molecule has 1 rings (SSSR count). The van der Waals surface area contributed by atoms with Crippen LogP contribution in [0.1, 0.15) is 33.1 Å². The van der Waals surface area contributed by atoms with Crippen LogP contribution in [0.2, 0.25) is 0 Å². The molecule has 1 N–H and O–H groups in total. The predicted molar refractivity (Wildman–Crippen MR) is 48.3 cm³/mol. The molecule has 0 aromatic heterocycles. The average molecular weight is 151 g/mol. The molecule has 11 heavy (non-hydrogen) atoms. The minimum atomic E-state index is -0.115. The highest BCUT2D eigenvalue weighted by molar-refractivity contribution is 5.07. The summed E-state index contributed by atoms with van der Waals surface area (Å²) in [5.41, 5.74) is -0.115. The maximum atomic E-state index is 5.34. The number of terminal acetylenes is 1. The zero-order valence-electron chi connectivity index (χ0n) is 7.48. The van der Waals surface area contributed by atoms with Crippen LogP contribution in [-0.2, 0) is 0 Å². The molecular formula is C10H17N. The van der Waals surface area contributed by atoms with Crippen LogP contribution in [0.3, 0.4) is 0 Å². The number of hydrogen-bond donors (Lipinski definition) is 1. The van der Waals surface area contributed by atoms with Gasteiger partial charge >= 0.3 is 0 Å². The second-order valence-electron chi connectivity index (χ2n) is 3.95. The Morgan fingerprint density at radius 2 is 2.18 bits per heavy atom. The Kier molecular flexibility index (Phi) is 2.57. The van der Waals surface area contributed by atoms with Crippen molar-refractivity contribution in [3.8, 4) is 12.3 Å². The lowest BCUT2D eigenvalue weighted by molar-refractivity contribution is 0.282. The van der Waals surface area contributed by atoms with Crippen molar-refractivity contribution in [2.24, 2.45) is 5.92 Å². The van der Waals surface area contributed by atoms with Gasteiger partial charge in [0.15, 0.2) is 0 Å². The summed E-state index contributed by atoms with van der Waals surface area (Å²) in [5.74, 6) is 3.63. The monoisotopic (exact) mass is 151 g/mol. The maximum absolute atomic E-state index is 5.34. The molecule has 0 heterocycles. The van der Waals surface area contributed by atoms with Crippen LogP contribution < -0.4 is 5.32 Å². The third-order valence-electron chi connectivity index (χ3n) is 2.42. The first-order valence-electron chi connectivity index (χ1n) is 4.37. The van der Waals surface area contributed by atoms with Gasteiger partial charge in [-0.1, -0.05) is 12.3 Å². The lowest BCUT2D eigenvalue weighted by Crippen LogP contribution is -2.41. The van der Waals surface area contributed by atoms with Crippen LogP contribution in [0, 0.1) is 18.3 Å². The molecule has 1 aliphatic rings. The molecule has 62 valence electrons. The Labute approximate surface area is 69.6 Å². The van der Waals surface area contributed by atoms with Crippen molar-refractivity contribution in [1.29, 1.82) is 0 Å². The molecule has 1 nitrogen and oxygen atoms in total. The summed E-state index contributed by atoms with van der Waals surface area (Å²) in [7, 11) is 0.